The monoisotopic (exact) mass is 427 g/mol. The molecule has 3 aromatic rings. The fraction of sp³-hybridized carbons (Fsp3) is 0.263. The summed E-state index contributed by atoms with van der Waals surface area (Å²) >= 11 is 0. The molecule has 11 heteroatoms. The molecule has 0 saturated heterocycles. The van der Waals surface area contributed by atoms with E-state index in [1.165, 1.54) is 12.1 Å². The second-order valence-corrected chi connectivity index (χ2v) is 8.55. The lowest BCUT2D eigenvalue weighted by Gasteiger charge is -2.09. The third-order valence-electron chi connectivity index (χ3n) is 4.78. The van der Waals surface area contributed by atoms with E-state index in [1.54, 1.807) is 24.5 Å². The Hall–Kier alpha value is -3.31. The van der Waals surface area contributed by atoms with E-state index in [0.29, 0.717) is 18.1 Å². The van der Waals surface area contributed by atoms with Gasteiger partial charge in [0.05, 0.1) is 16.8 Å². The molecule has 0 unspecified atom stereocenters. The minimum Gasteiger partial charge on any atom is -0.324 e. The molecular formula is C19H21N7O3S. The highest BCUT2D eigenvalue weighted by atomic mass is 32.2. The zero-order valence-corrected chi connectivity index (χ0v) is 16.9. The Bertz CT molecular complexity index is 1220. The summed E-state index contributed by atoms with van der Waals surface area (Å²) in [5.41, 5.74) is 4.76. The summed E-state index contributed by atoms with van der Waals surface area (Å²) in [6.07, 6.45) is 6.45. The van der Waals surface area contributed by atoms with E-state index in [0.717, 1.165) is 42.5 Å². The highest BCUT2D eigenvalue weighted by molar-refractivity contribution is 7.89. The molecule has 0 fully saturated rings. The Morgan fingerprint density at radius 3 is 2.70 bits per heavy atom. The van der Waals surface area contributed by atoms with Crippen molar-refractivity contribution in [2.45, 2.75) is 37.1 Å². The number of aryl methyl sites for hydroxylation is 1. The summed E-state index contributed by atoms with van der Waals surface area (Å²) in [4.78, 5) is 20.7. The number of nitrogens with zero attached hydrogens (tertiary/aromatic N) is 4. The topological polar surface area (TPSA) is 144 Å². The summed E-state index contributed by atoms with van der Waals surface area (Å²) < 4.78 is 24.8. The molecule has 10 nitrogen and oxygen atoms in total. The van der Waals surface area contributed by atoms with Gasteiger partial charge in [-0.3, -0.25) is 4.79 Å². The van der Waals surface area contributed by atoms with Gasteiger partial charge < -0.3 is 9.88 Å². The summed E-state index contributed by atoms with van der Waals surface area (Å²) in [6, 6.07) is 7.96. The third-order valence-corrected chi connectivity index (χ3v) is 5.71. The number of fused-ring (bicyclic) bond motifs is 3. The third kappa shape index (κ3) is 4.47. The zero-order chi connectivity index (χ0) is 21.1. The minimum absolute atomic E-state index is 0.0340. The lowest BCUT2D eigenvalue weighted by molar-refractivity contribution is -0.121. The van der Waals surface area contributed by atoms with E-state index in [-0.39, 0.29) is 10.8 Å². The van der Waals surface area contributed by atoms with Crippen molar-refractivity contribution in [2.75, 3.05) is 5.32 Å². The number of nitrogens with one attached hydrogen (secondary N) is 2. The smallest absolute Gasteiger partial charge is 0.240 e. The van der Waals surface area contributed by atoms with Crippen LogP contribution in [0.1, 0.15) is 31.4 Å². The molecule has 1 aromatic carbocycles. The van der Waals surface area contributed by atoms with Crippen molar-refractivity contribution in [3.63, 3.8) is 0 Å². The maximum absolute atomic E-state index is 11.7. The molecule has 30 heavy (non-hydrogen) atoms. The van der Waals surface area contributed by atoms with E-state index >= 15 is 0 Å². The SMILES string of the molecule is NS(=O)(=O)c1ccc(Nc2ncc3cc4n(c3n2)CCCCCC(=O)NN=C4)cc1. The summed E-state index contributed by atoms with van der Waals surface area (Å²) in [5.74, 6) is 0.293. The lowest BCUT2D eigenvalue weighted by Crippen LogP contribution is -2.16. The molecule has 1 aliphatic heterocycles. The van der Waals surface area contributed by atoms with Gasteiger partial charge >= 0.3 is 0 Å². The van der Waals surface area contributed by atoms with Gasteiger partial charge in [-0.1, -0.05) is 6.42 Å². The molecule has 2 aromatic heterocycles. The van der Waals surface area contributed by atoms with E-state index in [4.69, 9.17) is 5.14 Å². The van der Waals surface area contributed by atoms with Crippen LogP contribution in [0, 0.1) is 0 Å². The highest BCUT2D eigenvalue weighted by Crippen LogP contribution is 2.22. The number of hydrazone groups is 1. The molecule has 0 bridgehead atoms. The number of primary sulfonamides is 1. The maximum atomic E-state index is 11.7. The van der Waals surface area contributed by atoms with Gasteiger partial charge in [-0.15, -0.1) is 0 Å². The molecule has 0 spiro atoms. The fourth-order valence-electron chi connectivity index (χ4n) is 3.28. The van der Waals surface area contributed by atoms with Crippen LogP contribution in [0.25, 0.3) is 11.0 Å². The molecule has 0 saturated carbocycles. The quantitative estimate of drug-likeness (QED) is 0.582. The molecule has 1 aliphatic rings. The maximum Gasteiger partial charge on any atom is 0.240 e. The number of sulfonamides is 1. The number of aromatic nitrogens is 3. The number of carbonyl (C=O) groups is 1. The van der Waals surface area contributed by atoms with Gasteiger partial charge in [-0.25, -0.2) is 24.0 Å². The largest absolute Gasteiger partial charge is 0.324 e. The molecule has 3 heterocycles. The number of nitrogens with two attached hydrogens (primary N) is 1. The van der Waals surface area contributed by atoms with Gasteiger partial charge in [-0.05, 0) is 43.2 Å². The second-order valence-electron chi connectivity index (χ2n) is 6.99. The molecule has 4 rings (SSSR count). The molecular weight excluding hydrogens is 406 g/mol. The number of amides is 1. The average Bonchev–Trinajstić information content (AvgIpc) is 3.02. The molecule has 4 N–H and O–H groups in total. The van der Waals surface area contributed by atoms with Gasteiger partial charge in [0, 0.05) is 30.2 Å². The first-order valence-electron chi connectivity index (χ1n) is 9.48. The molecule has 0 radical (unpaired) electrons. The van der Waals surface area contributed by atoms with Crippen LogP contribution < -0.4 is 15.9 Å². The number of carbonyl (C=O) groups excluding carboxylic acids is 1. The Morgan fingerprint density at radius 1 is 1.13 bits per heavy atom. The van der Waals surface area contributed by atoms with Crippen molar-refractivity contribution in [3.8, 4) is 0 Å². The number of hydrogen-bond acceptors (Lipinski definition) is 7. The van der Waals surface area contributed by atoms with Gasteiger partial charge in [0.25, 0.3) is 0 Å². The van der Waals surface area contributed by atoms with E-state index in [1.807, 2.05) is 10.6 Å². The summed E-state index contributed by atoms with van der Waals surface area (Å²) in [6.45, 7) is 0.749. The van der Waals surface area contributed by atoms with Gasteiger partial charge in [-0.2, -0.15) is 10.1 Å². The molecule has 156 valence electrons. The average molecular weight is 427 g/mol. The minimum atomic E-state index is -3.74. The number of anilines is 2. The number of rotatable bonds is 3. The van der Waals surface area contributed by atoms with Crippen molar-refractivity contribution < 1.29 is 13.2 Å². The van der Waals surface area contributed by atoms with Crippen molar-refractivity contribution in [2.24, 2.45) is 10.2 Å². The Kier molecular flexibility index (Phi) is 5.46. The predicted molar refractivity (Wildman–Crippen MR) is 113 cm³/mol. The van der Waals surface area contributed by atoms with Crippen LogP contribution >= 0.6 is 0 Å². The van der Waals surface area contributed by atoms with Crippen LogP contribution in [0.2, 0.25) is 0 Å². The number of benzene rings is 1. The first kappa shape index (κ1) is 20.0. The zero-order valence-electron chi connectivity index (χ0n) is 16.1. The Balaban J connectivity index is 1.64. The van der Waals surface area contributed by atoms with Crippen LogP contribution in [0.4, 0.5) is 11.6 Å². The van der Waals surface area contributed by atoms with Crippen LogP contribution in [-0.2, 0) is 21.4 Å². The Labute approximate surface area is 173 Å². The van der Waals surface area contributed by atoms with Crippen molar-refractivity contribution in [1.29, 1.82) is 0 Å². The van der Waals surface area contributed by atoms with Crippen LogP contribution in [0.3, 0.4) is 0 Å². The van der Waals surface area contributed by atoms with E-state index < -0.39 is 10.0 Å². The standard InChI is InChI=1S/C19H21N7O3S/c20-30(28,29)16-7-5-14(6-8-16)23-19-21-11-13-10-15-12-22-25-17(27)4-2-1-3-9-26(15)18(13)24-19/h5-8,10-12H,1-4,9H2,(H,25,27)(H2,20,28,29)(H,21,23,24). The molecule has 0 atom stereocenters. The molecule has 1 amide bonds. The predicted octanol–water partition coefficient (Wildman–Crippen LogP) is 1.85. The van der Waals surface area contributed by atoms with Gasteiger partial charge in [0.15, 0.2) is 0 Å². The van der Waals surface area contributed by atoms with Crippen molar-refractivity contribution in [3.05, 3.63) is 42.2 Å². The van der Waals surface area contributed by atoms with Gasteiger partial charge in [0.2, 0.25) is 21.9 Å². The van der Waals surface area contributed by atoms with E-state index in [9.17, 15) is 13.2 Å². The lowest BCUT2D eigenvalue weighted by atomic mass is 10.2. The van der Waals surface area contributed by atoms with Crippen LogP contribution in [0.15, 0.2) is 46.5 Å². The van der Waals surface area contributed by atoms with Crippen molar-refractivity contribution >= 4 is 44.8 Å². The Morgan fingerprint density at radius 2 is 1.93 bits per heavy atom. The first-order valence-corrected chi connectivity index (χ1v) is 11.0. The van der Waals surface area contributed by atoms with Crippen molar-refractivity contribution in [1.82, 2.24) is 20.0 Å². The highest BCUT2D eigenvalue weighted by Gasteiger charge is 2.13. The second kappa shape index (κ2) is 8.20. The van der Waals surface area contributed by atoms with Gasteiger partial charge in [0.1, 0.15) is 5.65 Å². The summed E-state index contributed by atoms with van der Waals surface area (Å²) in [5, 5.41) is 13.1. The van der Waals surface area contributed by atoms with E-state index in [2.05, 4.69) is 25.8 Å². The fourth-order valence-corrected chi connectivity index (χ4v) is 3.79. The molecule has 0 aliphatic carbocycles. The first-order chi connectivity index (χ1) is 14.4. The number of hydrogen-bond donors (Lipinski definition) is 3. The normalized spacial score (nSPS) is 15.3. The summed E-state index contributed by atoms with van der Waals surface area (Å²) in [7, 11) is -3.74. The van der Waals surface area contributed by atoms with Crippen LogP contribution in [-0.4, -0.2) is 35.1 Å². The van der Waals surface area contributed by atoms with Crippen LogP contribution in [0.5, 0.6) is 0 Å².